The van der Waals surface area contributed by atoms with Gasteiger partial charge in [0.1, 0.15) is 0 Å². The van der Waals surface area contributed by atoms with Crippen molar-refractivity contribution >= 4 is 0 Å². The summed E-state index contributed by atoms with van der Waals surface area (Å²) in [6, 6.07) is 71.8. The topological polar surface area (TPSA) is 38.7 Å². The normalized spacial score (nSPS) is 13.8. The lowest BCUT2D eigenvalue weighted by Crippen LogP contribution is -2.28. The molecule has 8 aromatic carbocycles. The Balaban J connectivity index is 0.950. The van der Waals surface area contributed by atoms with Crippen LogP contribution >= 0.6 is 0 Å². The van der Waals surface area contributed by atoms with Crippen LogP contribution in [0, 0.1) is 0 Å². The van der Waals surface area contributed by atoms with Gasteiger partial charge < -0.3 is 0 Å². The summed E-state index contributed by atoms with van der Waals surface area (Å²) in [5.74, 6) is 1.92. The first-order chi connectivity index (χ1) is 29.7. The highest BCUT2D eigenvalue weighted by Crippen LogP contribution is 2.56. The monoisotopic (exact) mass is 769 g/mol. The largest absolute Gasteiger partial charge is 0.208 e. The molecule has 1 heterocycles. The minimum absolute atomic E-state index is 0.137. The lowest BCUT2D eigenvalue weighted by Gasteiger charge is -2.36. The maximum Gasteiger partial charge on any atom is 0.164 e. The van der Waals surface area contributed by atoms with Crippen molar-refractivity contribution in [3.05, 3.63) is 211 Å². The number of hydrogen-bond acceptors (Lipinski definition) is 3. The van der Waals surface area contributed by atoms with E-state index in [-0.39, 0.29) is 5.41 Å². The third-order valence-electron chi connectivity index (χ3n) is 12.7. The molecule has 2 aliphatic rings. The van der Waals surface area contributed by atoms with Crippen molar-refractivity contribution in [2.24, 2.45) is 0 Å². The smallest absolute Gasteiger partial charge is 0.164 e. The summed E-state index contributed by atoms with van der Waals surface area (Å²) in [6.45, 7) is 0. The standard InChI is InChI=1S/C57H43N3/c1-4-15-39(16-5-1)44-20-13-23-48(36-44)55-58-54(59-56(60-55)49-24-14-21-45(37-49)40-17-6-2-7-18-40)42-29-27-41(28-30-42)43-19-12-22-46(35-43)47-31-32-51-50-25-8-9-26-52(50)57(53(51)38-47)33-10-3-11-34-57/h1-2,4-9,12-32,35-38H,3,10-11,33-34H2. The van der Waals surface area contributed by atoms with Gasteiger partial charge in [0, 0.05) is 22.1 Å². The van der Waals surface area contributed by atoms with E-state index in [2.05, 4.69) is 188 Å². The van der Waals surface area contributed by atoms with Gasteiger partial charge in [0.15, 0.2) is 17.5 Å². The van der Waals surface area contributed by atoms with E-state index in [1.807, 2.05) is 12.1 Å². The molecule has 0 aliphatic heterocycles. The molecule has 0 radical (unpaired) electrons. The van der Waals surface area contributed by atoms with Gasteiger partial charge >= 0.3 is 0 Å². The molecule has 0 atom stereocenters. The van der Waals surface area contributed by atoms with E-state index >= 15 is 0 Å². The lowest BCUT2D eigenvalue weighted by molar-refractivity contribution is 0.353. The molecular weight excluding hydrogens is 727 g/mol. The minimum atomic E-state index is 0.137. The molecule has 1 aromatic heterocycles. The van der Waals surface area contributed by atoms with Crippen LogP contribution in [0.4, 0.5) is 0 Å². The summed E-state index contributed by atoms with van der Waals surface area (Å²) < 4.78 is 0. The Hall–Kier alpha value is -7.23. The molecule has 0 unspecified atom stereocenters. The fourth-order valence-electron chi connectivity index (χ4n) is 9.72. The Morgan fingerprint density at radius 3 is 1.23 bits per heavy atom. The van der Waals surface area contributed by atoms with Crippen LogP contribution in [0.3, 0.4) is 0 Å². The van der Waals surface area contributed by atoms with Gasteiger partial charge in [0.25, 0.3) is 0 Å². The Morgan fingerprint density at radius 1 is 0.267 bits per heavy atom. The van der Waals surface area contributed by atoms with Gasteiger partial charge in [0.05, 0.1) is 0 Å². The molecule has 60 heavy (non-hydrogen) atoms. The van der Waals surface area contributed by atoms with E-state index in [9.17, 15) is 0 Å². The van der Waals surface area contributed by atoms with Crippen molar-refractivity contribution in [1.82, 2.24) is 15.0 Å². The quantitative estimate of drug-likeness (QED) is 0.162. The zero-order chi connectivity index (χ0) is 39.9. The Kier molecular flexibility index (Phi) is 9.08. The second-order valence-corrected chi connectivity index (χ2v) is 16.3. The highest BCUT2D eigenvalue weighted by atomic mass is 15.0. The summed E-state index contributed by atoms with van der Waals surface area (Å²) >= 11 is 0. The number of benzene rings is 8. The van der Waals surface area contributed by atoms with Crippen molar-refractivity contribution in [2.75, 3.05) is 0 Å². The average Bonchev–Trinajstić information content (AvgIpc) is 3.60. The van der Waals surface area contributed by atoms with Crippen LogP contribution in [-0.4, -0.2) is 15.0 Å². The summed E-state index contributed by atoms with van der Waals surface area (Å²) in [6.07, 6.45) is 6.38. The van der Waals surface area contributed by atoms with Gasteiger partial charge in [-0.1, -0.05) is 195 Å². The van der Waals surface area contributed by atoms with Crippen molar-refractivity contribution in [1.29, 1.82) is 0 Å². The molecule has 9 aromatic rings. The molecule has 0 saturated heterocycles. The van der Waals surface area contributed by atoms with Crippen LogP contribution < -0.4 is 0 Å². The fraction of sp³-hybridized carbons (Fsp3) is 0.105. The van der Waals surface area contributed by atoms with E-state index in [4.69, 9.17) is 15.0 Å². The first-order valence-electron chi connectivity index (χ1n) is 21.2. The summed E-state index contributed by atoms with van der Waals surface area (Å²) in [5.41, 5.74) is 18.2. The van der Waals surface area contributed by atoms with Crippen molar-refractivity contribution in [2.45, 2.75) is 37.5 Å². The highest BCUT2D eigenvalue weighted by Gasteiger charge is 2.43. The molecule has 286 valence electrons. The van der Waals surface area contributed by atoms with Crippen molar-refractivity contribution < 1.29 is 0 Å². The molecule has 3 nitrogen and oxygen atoms in total. The predicted molar refractivity (Wildman–Crippen MR) is 247 cm³/mol. The maximum atomic E-state index is 5.13. The first-order valence-corrected chi connectivity index (χ1v) is 21.2. The Bertz CT molecular complexity index is 2900. The second-order valence-electron chi connectivity index (χ2n) is 16.3. The van der Waals surface area contributed by atoms with E-state index in [1.54, 1.807) is 0 Å². The molecule has 1 spiro atoms. The van der Waals surface area contributed by atoms with Crippen molar-refractivity contribution in [3.63, 3.8) is 0 Å². The summed E-state index contributed by atoms with van der Waals surface area (Å²) in [5, 5.41) is 0. The number of fused-ring (bicyclic) bond motifs is 5. The molecule has 11 rings (SSSR count). The lowest BCUT2D eigenvalue weighted by atomic mass is 9.67. The zero-order valence-electron chi connectivity index (χ0n) is 33.4. The molecular formula is C57H43N3. The van der Waals surface area contributed by atoms with Crippen LogP contribution in [0.2, 0.25) is 0 Å². The number of nitrogens with zero attached hydrogens (tertiary/aromatic N) is 3. The van der Waals surface area contributed by atoms with Crippen LogP contribution in [0.15, 0.2) is 200 Å². The summed E-state index contributed by atoms with van der Waals surface area (Å²) in [7, 11) is 0. The third-order valence-corrected chi connectivity index (χ3v) is 12.7. The molecule has 0 bridgehead atoms. The second kappa shape index (κ2) is 15.2. The molecule has 1 saturated carbocycles. The molecule has 2 aliphatic carbocycles. The van der Waals surface area contributed by atoms with E-state index in [0.717, 1.165) is 44.5 Å². The minimum Gasteiger partial charge on any atom is -0.208 e. The van der Waals surface area contributed by atoms with Crippen molar-refractivity contribution in [3.8, 4) is 89.8 Å². The number of aromatic nitrogens is 3. The molecule has 3 heteroatoms. The predicted octanol–water partition coefficient (Wildman–Crippen LogP) is 14.8. The first kappa shape index (κ1) is 35.9. The van der Waals surface area contributed by atoms with Gasteiger partial charge in [-0.05, 0) is 104 Å². The Morgan fingerprint density at radius 2 is 0.650 bits per heavy atom. The SMILES string of the molecule is c1ccc(-c2cccc(-c3nc(-c4ccc(-c5cccc(-c6ccc7c(c6)C6(CCCCC6)c6ccccc6-7)c5)cc4)nc(-c4cccc(-c5ccccc5)c4)n3)c2)cc1. The van der Waals surface area contributed by atoms with E-state index < -0.39 is 0 Å². The average molecular weight is 770 g/mol. The summed E-state index contributed by atoms with van der Waals surface area (Å²) in [4.78, 5) is 15.4. The number of hydrogen-bond donors (Lipinski definition) is 0. The zero-order valence-corrected chi connectivity index (χ0v) is 33.4. The highest BCUT2D eigenvalue weighted by molar-refractivity contribution is 5.85. The van der Waals surface area contributed by atoms with E-state index in [0.29, 0.717) is 17.5 Å². The van der Waals surface area contributed by atoms with Gasteiger partial charge in [-0.15, -0.1) is 0 Å². The number of rotatable bonds is 7. The van der Waals surface area contributed by atoms with Crippen LogP contribution in [0.1, 0.15) is 43.2 Å². The molecule has 0 N–H and O–H groups in total. The van der Waals surface area contributed by atoms with Gasteiger partial charge in [-0.3, -0.25) is 0 Å². The third kappa shape index (κ3) is 6.53. The fourth-order valence-corrected chi connectivity index (χ4v) is 9.72. The van der Waals surface area contributed by atoms with Gasteiger partial charge in [-0.25, -0.2) is 15.0 Å². The van der Waals surface area contributed by atoms with Gasteiger partial charge in [0.2, 0.25) is 0 Å². The van der Waals surface area contributed by atoms with E-state index in [1.165, 1.54) is 71.0 Å². The maximum absolute atomic E-state index is 5.13. The Labute approximate surface area is 352 Å². The van der Waals surface area contributed by atoms with Crippen LogP contribution in [0.5, 0.6) is 0 Å². The van der Waals surface area contributed by atoms with Crippen LogP contribution in [0.25, 0.3) is 89.8 Å². The van der Waals surface area contributed by atoms with Gasteiger partial charge in [-0.2, -0.15) is 0 Å². The molecule has 1 fully saturated rings. The van der Waals surface area contributed by atoms with Crippen LogP contribution in [-0.2, 0) is 5.41 Å². The molecule has 0 amide bonds.